The van der Waals surface area contributed by atoms with Gasteiger partial charge >= 0.3 is 0 Å². The molecule has 94 valence electrons. The molecule has 4 heteroatoms. The first-order valence-electron chi connectivity index (χ1n) is 5.82. The summed E-state index contributed by atoms with van der Waals surface area (Å²) in [5.74, 6) is 0.493. The maximum atomic E-state index is 6.29. The molecule has 0 bridgehead atoms. The largest absolute Gasteiger partial charge is 0.376 e. The third-order valence-corrected chi connectivity index (χ3v) is 3.99. The Morgan fingerprint density at radius 2 is 2.24 bits per heavy atom. The van der Waals surface area contributed by atoms with Gasteiger partial charge in [0.1, 0.15) is 0 Å². The molecule has 0 radical (unpaired) electrons. The summed E-state index contributed by atoms with van der Waals surface area (Å²) in [5.41, 5.74) is 2.09. The van der Waals surface area contributed by atoms with Gasteiger partial charge in [-0.1, -0.05) is 17.7 Å². The van der Waals surface area contributed by atoms with Crippen molar-refractivity contribution in [3.05, 3.63) is 28.8 Å². The van der Waals surface area contributed by atoms with Crippen molar-refractivity contribution in [1.29, 1.82) is 0 Å². The predicted molar refractivity (Wildman–Crippen MR) is 73.2 cm³/mol. The van der Waals surface area contributed by atoms with E-state index in [-0.39, 0.29) is 6.10 Å². The van der Waals surface area contributed by atoms with Crippen LogP contribution in [0.4, 0.5) is 5.69 Å². The van der Waals surface area contributed by atoms with Crippen LogP contribution in [0, 0.1) is 0 Å². The highest BCUT2D eigenvalue weighted by Crippen LogP contribution is 2.31. The maximum absolute atomic E-state index is 6.29. The van der Waals surface area contributed by atoms with Gasteiger partial charge in [0.15, 0.2) is 0 Å². The van der Waals surface area contributed by atoms with Crippen molar-refractivity contribution in [3.63, 3.8) is 0 Å². The number of halogens is 2. The van der Waals surface area contributed by atoms with E-state index in [2.05, 4.69) is 18.9 Å². The van der Waals surface area contributed by atoms with Gasteiger partial charge in [-0.3, -0.25) is 0 Å². The molecule has 0 saturated carbocycles. The summed E-state index contributed by atoms with van der Waals surface area (Å²) in [7, 11) is 2.07. The quantitative estimate of drug-likeness (QED) is 0.779. The first-order chi connectivity index (χ1) is 8.13. The van der Waals surface area contributed by atoms with Gasteiger partial charge in [0.2, 0.25) is 0 Å². The summed E-state index contributed by atoms with van der Waals surface area (Å²) in [6.45, 7) is 2.93. The molecule has 1 aliphatic heterocycles. The van der Waals surface area contributed by atoms with Gasteiger partial charge in [0, 0.05) is 19.5 Å². The summed E-state index contributed by atoms with van der Waals surface area (Å²) in [6.07, 6.45) is 1.30. The van der Waals surface area contributed by atoms with Crippen molar-refractivity contribution in [2.24, 2.45) is 0 Å². The minimum Gasteiger partial charge on any atom is -0.376 e. The first-order valence-corrected chi connectivity index (χ1v) is 6.73. The lowest BCUT2D eigenvalue weighted by Crippen LogP contribution is -2.36. The van der Waals surface area contributed by atoms with E-state index in [0.717, 1.165) is 29.3 Å². The molecule has 0 aliphatic carbocycles. The van der Waals surface area contributed by atoms with E-state index in [4.69, 9.17) is 27.9 Å². The van der Waals surface area contributed by atoms with Crippen LogP contribution in [-0.2, 0) is 10.6 Å². The Bertz CT molecular complexity index is 397. The van der Waals surface area contributed by atoms with E-state index >= 15 is 0 Å². The number of hydrogen-bond donors (Lipinski definition) is 0. The van der Waals surface area contributed by atoms with Crippen LogP contribution in [0.3, 0.4) is 0 Å². The van der Waals surface area contributed by atoms with Crippen LogP contribution in [0.25, 0.3) is 0 Å². The zero-order valence-electron chi connectivity index (χ0n) is 10.1. The van der Waals surface area contributed by atoms with Gasteiger partial charge in [0.25, 0.3) is 0 Å². The highest BCUT2D eigenvalue weighted by atomic mass is 35.5. The summed E-state index contributed by atoms with van der Waals surface area (Å²) in [4.78, 5) is 2.21. The highest BCUT2D eigenvalue weighted by Gasteiger charge is 2.28. The monoisotopic (exact) mass is 273 g/mol. The Morgan fingerprint density at radius 3 is 2.76 bits per heavy atom. The molecule has 0 spiro atoms. The molecular formula is C13H17Cl2NO. The minimum atomic E-state index is 0.253. The summed E-state index contributed by atoms with van der Waals surface area (Å²) >= 11 is 12.1. The second-order valence-electron chi connectivity index (χ2n) is 4.46. The molecule has 0 amide bonds. The fraction of sp³-hybridized carbons (Fsp3) is 0.538. The number of hydrogen-bond acceptors (Lipinski definition) is 2. The van der Waals surface area contributed by atoms with Crippen LogP contribution in [0.15, 0.2) is 18.2 Å². The third kappa shape index (κ3) is 2.70. The lowest BCUT2D eigenvalue weighted by Gasteiger charge is -2.29. The molecule has 2 atom stereocenters. The van der Waals surface area contributed by atoms with Gasteiger partial charge in [-0.25, -0.2) is 0 Å². The van der Waals surface area contributed by atoms with Crippen LogP contribution < -0.4 is 4.90 Å². The smallest absolute Gasteiger partial charge is 0.0750 e. The first kappa shape index (κ1) is 13.0. The fourth-order valence-corrected chi connectivity index (χ4v) is 2.83. The summed E-state index contributed by atoms with van der Waals surface area (Å²) in [6, 6.07) is 6.38. The normalized spacial score (nSPS) is 24.0. The molecule has 0 N–H and O–H groups in total. The average Bonchev–Trinajstić information content (AvgIpc) is 2.74. The predicted octanol–water partition coefficient (Wildman–Crippen LogP) is 3.69. The number of anilines is 1. The molecule has 0 aromatic heterocycles. The van der Waals surface area contributed by atoms with Crippen LogP contribution in [0.5, 0.6) is 0 Å². The number of likely N-dealkylation sites (N-methyl/N-ethyl adjacent to an activating group) is 1. The van der Waals surface area contributed by atoms with Crippen molar-refractivity contribution in [2.45, 2.75) is 31.4 Å². The standard InChI is InChI=1S/C13H17Cl2NO/c1-9-12(5-6-17-9)16(2)13-4-3-10(8-14)7-11(13)15/h3-4,7,9,12H,5-6,8H2,1-2H3. The van der Waals surface area contributed by atoms with Crippen molar-refractivity contribution in [1.82, 2.24) is 0 Å². The molecule has 2 rings (SSSR count). The minimum absolute atomic E-state index is 0.253. The fourth-order valence-electron chi connectivity index (χ4n) is 2.33. The average molecular weight is 274 g/mol. The topological polar surface area (TPSA) is 12.5 Å². The number of alkyl halides is 1. The van der Waals surface area contributed by atoms with Crippen LogP contribution in [0.2, 0.25) is 5.02 Å². The second kappa shape index (κ2) is 5.47. The molecule has 1 aliphatic rings. The summed E-state index contributed by atoms with van der Waals surface area (Å²) < 4.78 is 5.59. The van der Waals surface area contributed by atoms with E-state index in [1.165, 1.54) is 0 Å². The zero-order valence-corrected chi connectivity index (χ0v) is 11.6. The van der Waals surface area contributed by atoms with E-state index in [9.17, 15) is 0 Å². The van der Waals surface area contributed by atoms with E-state index in [0.29, 0.717) is 11.9 Å². The van der Waals surface area contributed by atoms with E-state index < -0.39 is 0 Å². The molecule has 2 unspecified atom stereocenters. The highest BCUT2D eigenvalue weighted by molar-refractivity contribution is 6.33. The number of benzene rings is 1. The van der Waals surface area contributed by atoms with Crippen molar-refractivity contribution >= 4 is 28.9 Å². The lowest BCUT2D eigenvalue weighted by atomic mass is 10.1. The van der Waals surface area contributed by atoms with E-state index in [1.54, 1.807) is 0 Å². The van der Waals surface area contributed by atoms with Crippen LogP contribution in [-0.4, -0.2) is 25.8 Å². The van der Waals surface area contributed by atoms with Gasteiger partial charge in [-0.05, 0) is 31.0 Å². The molecule has 2 nitrogen and oxygen atoms in total. The second-order valence-corrected chi connectivity index (χ2v) is 5.14. The maximum Gasteiger partial charge on any atom is 0.0750 e. The number of rotatable bonds is 3. The summed E-state index contributed by atoms with van der Waals surface area (Å²) in [5, 5.41) is 0.754. The van der Waals surface area contributed by atoms with Gasteiger partial charge in [-0.2, -0.15) is 0 Å². The van der Waals surface area contributed by atoms with E-state index in [1.807, 2.05) is 18.2 Å². The molecule has 1 heterocycles. The Morgan fingerprint density at radius 1 is 1.47 bits per heavy atom. The Balaban J connectivity index is 2.21. The molecule has 1 aromatic rings. The van der Waals surface area contributed by atoms with Crippen molar-refractivity contribution in [3.8, 4) is 0 Å². The molecule has 1 fully saturated rings. The molecule has 1 saturated heterocycles. The van der Waals surface area contributed by atoms with Crippen LogP contribution in [0.1, 0.15) is 18.9 Å². The molecular weight excluding hydrogens is 257 g/mol. The van der Waals surface area contributed by atoms with Crippen LogP contribution >= 0.6 is 23.2 Å². The van der Waals surface area contributed by atoms with Crippen molar-refractivity contribution < 1.29 is 4.74 Å². The number of nitrogens with zero attached hydrogens (tertiary/aromatic N) is 1. The van der Waals surface area contributed by atoms with Gasteiger partial charge in [-0.15, -0.1) is 11.6 Å². The Labute approximate surface area is 112 Å². The molecule has 17 heavy (non-hydrogen) atoms. The number of ether oxygens (including phenoxy) is 1. The molecule has 1 aromatic carbocycles. The Hall–Kier alpha value is -0.440. The van der Waals surface area contributed by atoms with Gasteiger partial charge in [0.05, 0.1) is 22.9 Å². The zero-order chi connectivity index (χ0) is 12.4. The Kier molecular flexibility index (Phi) is 4.18. The van der Waals surface area contributed by atoms with Crippen molar-refractivity contribution in [2.75, 3.05) is 18.6 Å². The SMILES string of the molecule is CC1OCCC1N(C)c1ccc(CCl)cc1Cl. The lowest BCUT2D eigenvalue weighted by molar-refractivity contribution is 0.118. The third-order valence-electron chi connectivity index (χ3n) is 3.38. The van der Waals surface area contributed by atoms with Gasteiger partial charge < -0.3 is 9.64 Å².